The lowest BCUT2D eigenvalue weighted by atomic mass is 10.1. The highest BCUT2D eigenvalue weighted by molar-refractivity contribution is 5.97. The third kappa shape index (κ3) is 9.81. The number of carbonyl (C=O) groups excluding carboxylic acids is 2. The lowest BCUT2D eigenvalue weighted by Crippen LogP contribution is -2.46. The van der Waals surface area contributed by atoms with E-state index in [0.717, 1.165) is 11.1 Å². The zero-order valence-corrected chi connectivity index (χ0v) is 18.6. The number of aryl methyl sites for hydroxylation is 1. The second-order valence-corrected chi connectivity index (χ2v) is 7.86. The van der Waals surface area contributed by atoms with E-state index < -0.39 is 12.1 Å². The van der Waals surface area contributed by atoms with Gasteiger partial charge in [0.25, 0.3) is 5.91 Å². The molecule has 31 heavy (non-hydrogen) atoms. The molecule has 0 spiro atoms. The average Bonchev–Trinajstić information content (AvgIpc) is 2.72. The Hall–Kier alpha value is -3.34. The first-order valence-electron chi connectivity index (χ1n) is 10.3. The topological polar surface area (TPSA) is 123 Å². The van der Waals surface area contributed by atoms with Crippen LogP contribution in [0.2, 0.25) is 0 Å². The van der Waals surface area contributed by atoms with Crippen molar-refractivity contribution in [1.82, 2.24) is 15.5 Å². The van der Waals surface area contributed by atoms with Crippen LogP contribution in [0.5, 0.6) is 0 Å². The van der Waals surface area contributed by atoms with Crippen LogP contribution in [0.3, 0.4) is 0 Å². The smallest absolute Gasteiger partial charge is 0.405 e. The van der Waals surface area contributed by atoms with Gasteiger partial charge < -0.3 is 20.6 Å². The number of likely N-dealkylation sites (N-methyl/N-ethyl adjacent to an activating group) is 1. The highest BCUT2D eigenvalue weighted by Gasteiger charge is 2.20. The van der Waals surface area contributed by atoms with Crippen molar-refractivity contribution in [1.29, 1.82) is 5.26 Å². The molecule has 3 amide bonds. The van der Waals surface area contributed by atoms with Crippen molar-refractivity contribution in [2.75, 3.05) is 13.6 Å². The van der Waals surface area contributed by atoms with Gasteiger partial charge in [0.2, 0.25) is 5.91 Å². The summed E-state index contributed by atoms with van der Waals surface area (Å²) in [6.45, 7) is 6.48. The summed E-state index contributed by atoms with van der Waals surface area (Å²) < 4.78 is 0. The van der Waals surface area contributed by atoms with E-state index in [0.29, 0.717) is 32.4 Å². The molecule has 0 radical (unpaired) electrons. The summed E-state index contributed by atoms with van der Waals surface area (Å²) in [6.07, 6.45) is 1.78. The number of carbonyl (C=O) groups is 3. The predicted molar refractivity (Wildman–Crippen MR) is 118 cm³/mol. The zero-order chi connectivity index (χ0) is 23.4. The Bertz CT molecular complexity index is 825. The molecule has 8 nitrogen and oxygen atoms in total. The quantitative estimate of drug-likeness (QED) is 0.284. The van der Waals surface area contributed by atoms with Crippen molar-refractivity contribution >= 4 is 17.9 Å². The summed E-state index contributed by atoms with van der Waals surface area (Å²) >= 11 is 0. The van der Waals surface area contributed by atoms with Gasteiger partial charge in [-0.05, 0) is 37.7 Å². The summed E-state index contributed by atoms with van der Waals surface area (Å²) in [5, 5.41) is 23.2. The number of benzene rings is 1. The standard InChI is InChI=1S/C23H32N4O4/c1-16(2)13-19(14-24)22(29)27(4)12-6-5-7-20(26-23(30)31)21(28)25-15-18-10-8-17(3)9-11-18/h8-11,13,16,20,26H,5-7,12,15H2,1-4H3,(H,25,28)(H,30,31)/t20-/m0/s1. The van der Waals surface area contributed by atoms with Gasteiger partial charge in [-0.3, -0.25) is 9.59 Å². The summed E-state index contributed by atoms with van der Waals surface area (Å²) in [4.78, 5) is 37.3. The number of nitrogens with zero attached hydrogens (tertiary/aromatic N) is 2. The van der Waals surface area contributed by atoms with Gasteiger partial charge in [-0.1, -0.05) is 49.8 Å². The fourth-order valence-corrected chi connectivity index (χ4v) is 2.93. The molecule has 8 heteroatoms. The van der Waals surface area contributed by atoms with Crippen molar-refractivity contribution in [2.24, 2.45) is 5.92 Å². The highest BCUT2D eigenvalue weighted by Crippen LogP contribution is 2.08. The number of carboxylic acid groups (broad SMARTS) is 1. The number of allylic oxidation sites excluding steroid dienone is 1. The molecule has 3 N–H and O–H groups in total. The number of unbranched alkanes of at least 4 members (excludes halogenated alkanes) is 1. The summed E-state index contributed by atoms with van der Waals surface area (Å²) in [5.74, 6) is -0.639. The Balaban J connectivity index is 2.54. The van der Waals surface area contributed by atoms with Crippen molar-refractivity contribution in [2.45, 2.75) is 52.6 Å². The molecule has 0 saturated heterocycles. The number of amides is 3. The molecule has 0 saturated carbocycles. The van der Waals surface area contributed by atoms with Gasteiger partial charge in [-0.25, -0.2) is 4.79 Å². The number of hydrogen-bond acceptors (Lipinski definition) is 4. The zero-order valence-electron chi connectivity index (χ0n) is 18.6. The van der Waals surface area contributed by atoms with Gasteiger partial charge in [0.05, 0.1) is 0 Å². The molecule has 1 aromatic carbocycles. The summed E-state index contributed by atoms with van der Waals surface area (Å²) in [7, 11) is 1.62. The van der Waals surface area contributed by atoms with E-state index in [2.05, 4.69) is 10.6 Å². The van der Waals surface area contributed by atoms with Crippen LogP contribution in [-0.4, -0.2) is 47.5 Å². The lowest BCUT2D eigenvalue weighted by Gasteiger charge is -2.19. The van der Waals surface area contributed by atoms with Crippen molar-refractivity contribution in [3.8, 4) is 6.07 Å². The van der Waals surface area contributed by atoms with E-state index in [1.165, 1.54) is 4.90 Å². The molecule has 0 aliphatic carbocycles. The highest BCUT2D eigenvalue weighted by atomic mass is 16.4. The average molecular weight is 429 g/mol. The van der Waals surface area contributed by atoms with Crippen LogP contribution < -0.4 is 10.6 Å². The monoisotopic (exact) mass is 428 g/mol. The molecule has 0 aliphatic rings. The molecule has 0 heterocycles. The molecule has 0 unspecified atom stereocenters. The Morgan fingerprint density at radius 2 is 1.84 bits per heavy atom. The largest absolute Gasteiger partial charge is 0.465 e. The maximum atomic E-state index is 12.4. The van der Waals surface area contributed by atoms with Crippen molar-refractivity contribution in [3.63, 3.8) is 0 Å². The van der Waals surface area contributed by atoms with E-state index >= 15 is 0 Å². The third-order valence-electron chi connectivity index (χ3n) is 4.64. The van der Waals surface area contributed by atoms with Crippen LogP contribution in [0.25, 0.3) is 0 Å². The molecule has 0 aliphatic heterocycles. The third-order valence-corrected chi connectivity index (χ3v) is 4.64. The Kier molecular flexibility index (Phi) is 10.8. The van der Waals surface area contributed by atoms with Gasteiger partial charge in [-0.2, -0.15) is 5.26 Å². The van der Waals surface area contributed by atoms with E-state index in [1.807, 2.05) is 51.1 Å². The molecule has 1 atom stereocenters. The number of hydrogen-bond donors (Lipinski definition) is 3. The Morgan fingerprint density at radius 3 is 2.39 bits per heavy atom. The van der Waals surface area contributed by atoms with Gasteiger partial charge in [0.1, 0.15) is 17.7 Å². The van der Waals surface area contributed by atoms with Gasteiger partial charge in [-0.15, -0.1) is 0 Å². The van der Waals surface area contributed by atoms with Crippen LogP contribution >= 0.6 is 0 Å². The summed E-state index contributed by atoms with van der Waals surface area (Å²) in [6, 6.07) is 8.76. The van der Waals surface area contributed by atoms with Crippen LogP contribution in [-0.2, 0) is 16.1 Å². The number of nitriles is 1. The number of nitrogens with one attached hydrogen (secondary N) is 2. The molecule has 1 rings (SSSR count). The minimum absolute atomic E-state index is 0.0910. The lowest BCUT2D eigenvalue weighted by molar-refractivity contribution is -0.126. The molecule has 0 aromatic heterocycles. The van der Waals surface area contributed by atoms with Crippen molar-refractivity contribution < 1.29 is 19.5 Å². The van der Waals surface area contributed by atoms with E-state index in [1.54, 1.807) is 13.1 Å². The van der Waals surface area contributed by atoms with Crippen molar-refractivity contribution in [3.05, 3.63) is 47.0 Å². The molecule has 1 aromatic rings. The normalized spacial score (nSPS) is 12.1. The second kappa shape index (κ2) is 13.1. The van der Waals surface area contributed by atoms with Gasteiger partial charge in [0.15, 0.2) is 0 Å². The maximum absolute atomic E-state index is 12.4. The van der Waals surface area contributed by atoms with E-state index in [-0.39, 0.29) is 23.3 Å². The molecular formula is C23H32N4O4. The second-order valence-electron chi connectivity index (χ2n) is 7.86. The minimum Gasteiger partial charge on any atom is -0.465 e. The number of rotatable bonds is 11. The van der Waals surface area contributed by atoms with E-state index in [9.17, 15) is 14.4 Å². The van der Waals surface area contributed by atoms with Crippen LogP contribution in [0.1, 0.15) is 44.2 Å². The first kappa shape index (κ1) is 25.7. The molecular weight excluding hydrogens is 396 g/mol. The van der Waals surface area contributed by atoms with Crippen LogP contribution in [0.15, 0.2) is 35.9 Å². The molecule has 0 bridgehead atoms. The van der Waals surface area contributed by atoms with Crippen LogP contribution in [0, 0.1) is 24.2 Å². The predicted octanol–water partition coefficient (Wildman–Crippen LogP) is 2.98. The molecule has 168 valence electrons. The maximum Gasteiger partial charge on any atom is 0.405 e. The van der Waals surface area contributed by atoms with Gasteiger partial charge in [0, 0.05) is 20.1 Å². The van der Waals surface area contributed by atoms with Crippen LogP contribution in [0.4, 0.5) is 4.79 Å². The summed E-state index contributed by atoms with van der Waals surface area (Å²) in [5.41, 5.74) is 2.15. The fourth-order valence-electron chi connectivity index (χ4n) is 2.93. The SMILES string of the molecule is Cc1ccc(CNC(=O)[C@H](CCCCN(C)C(=O)C(C#N)=CC(C)C)NC(=O)O)cc1. The first-order chi connectivity index (χ1) is 14.6. The molecule has 0 fully saturated rings. The first-order valence-corrected chi connectivity index (χ1v) is 10.3. The fraction of sp³-hybridized carbons (Fsp3) is 0.478. The van der Waals surface area contributed by atoms with E-state index in [4.69, 9.17) is 10.4 Å². The minimum atomic E-state index is -1.26. The Labute approximate surface area is 183 Å². The van der Waals surface area contributed by atoms with Gasteiger partial charge >= 0.3 is 6.09 Å². The Morgan fingerprint density at radius 1 is 1.19 bits per heavy atom.